The molecule has 4 N–H and O–H groups in total. The third-order valence-electron chi connectivity index (χ3n) is 2.32. The van der Waals surface area contributed by atoms with Crippen LogP contribution in [0.25, 0.3) is 0 Å². The van der Waals surface area contributed by atoms with Crippen LogP contribution in [0.1, 0.15) is 16.8 Å². The summed E-state index contributed by atoms with van der Waals surface area (Å²) in [5, 5.41) is 16.4. The van der Waals surface area contributed by atoms with Crippen molar-refractivity contribution < 1.29 is 19.5 Å². The van der Waals surface area contributed by atoms with Gasteiger partial charge in [-0.2, -0.15) is 0 Å². The van der Waals surface area contributed by atoms with Gasteiger partial charge in [0.15, 0.2) is 0 Å². The number of carbonyl (C=O) groups excluding carboxylic acids is 2. The standard InChI is InChI=1S/C12H14ClN3O4/c1-14-10(17)2-3-15-12(20)16-9-5-7(11(18)19)4-8(13)6-9/h4-6H,2-3H2,1H3,(H,14,17)(H,18,19)(H2,15,16,20). The van der Waals surface area contributed by atoms with E-state index in [4.69, 9.17) is 16.7 Å². The lowest BCUT2D eigenvalue weighted by molar-refractivity contribution is -0.120. The molecule has 0 heterocycles. The molecule has 0 aliphatic carbocycles. The summed E-state index contributed by atoms with van der Waals surface area (Å²) >= 11 is 5.75. The van der Waals surface area contributed by atoms with Gasteiger partial charge in [0.05, 0.1) is 5.56 Å². The molecule has 108 valence electrons. The van der Waals surface area contributed by atoms with Gasteiger partial charge in [-0.1, -0.05) is 11.6 Å². The van der Waals surface area contributed by atoms with Gasteiger partial charge in [0, 0.05) is 30.7 Å². The average molecular weight is 300 g/mol. The number of carboxylic acid groups (broad SMARTS) is 1. The minimum atomic E-state index is -1.14. The molecule has 1 rings (SSSR count). The van der Waals surface area contributed by atoms with Crippen LogP contribution in [-0.4, -0.2) is 36.6 Å². The Balaban J connectivity index is 2.57. The first-order valence-corrected chi connectivity index (χ1v) is 6.09. The minimum Gasteiger partial charge on any atom is -0.478 e. The number of benzene rings is 1. The number of amides is 3. The van der Waals surface area contributed by atoms with Crippen molar-refractivity contribution in [1.82, 2.24) is 10.6 Å². The predicted octanol–water partition coefficient (Wildman–Crippen LogP) is 1.30. The highest BCUT2D eigenvalue weighted by Gasteiger charge is 2.08. The second kappa shape index (κ2) is 7.34. The highest BCUT2D eigenvalue weighted by Crippen LogP contribution is 2.19. The van der Waals surface area contributed by atoms with E-state index >= 15 is 0 Å². The molecule has 0 spiro atoms. The lowest BCUT2D eigenvalue weighted by Crippen LogP contribution is -2.32. The van der Waals surface area contributed by atoms with Crippen LogP contribution in [0, 0.1) is 0 Å². The van der Waals surface area contributed by atoms with Crippen molar-refractivity contribution in [3.05, 3.63) is 28.8 Å². The molecule has 1 aromatic rings. The minimum absolute atomic E-state index is 0.0295. The molecule has 3 amide bonds. The van der Waals surface area contributed by atoms with Crippen molar-refractivity contribution in [3.63, 3.8) is 0 Å². The molecule has 0 unspecified atom stereocenters. The van der Waals surface area contributed by atoms with Crippen LogP contribution in [0.15, 0.2) is 18.2 Å². The Morgan fingerprint density at radius 2 is 1.95 bits per heavy atom. The molecule has 0 atom stereocenters. The van der Waals surface area contributed by atoms with Gasteiger partial charge in [-0.05, 0) is 18.2 Å². The summed E-state index contributed by atoms with van der Waals surface area (Å²) in [6.07, 6.45) is 0.153. The van der Waals surface area contributed by atoms with Gasteiger partial charge in [0.2, 0.25) is 5.91 Å². The summed E-state index contributed by atoms with van der Waals surface area (Å²) in [5.74, 6) is -1.34. The van der Waals surface area contributed by atoms with Gasteiger partial charge in [-0.3, -0.25) is 4.79 Å². The van der Waals surface area contributed by atoms with Crippen LogP contribution in [0.2, 0.25) is 5.02 Å². The van der Waals surface area contributed by atoms with Gasteiger partial charge in [-0.25, -0.2) is 9.59 Å². The van der Waals surface area contributed by atoms with E-state index in [-0.39, 0.29) is 35.1 Å². The molecule has 0 bridgehead atoms. The highest BCUT2D eigenvalue weighted by atomic mass is 35.5. The third kappa shape index (κ3) is 5.15. The number of carboxylic acids is 1. The fraction of sp³-hybridized carbons (Fsp3) is 0.250. The lowest BCUT2D eigenvalue weighted by Gasteiger charge is -2.08. The van der Waals surface area contributed by atoms with Crippen molar-refractivity contribution in [2.75, 3.05) is 18.9 Å². The van der Waals surface area contributed by atoms with E-state index < -0.39 is 12.0 Å². The summed E-state index contributed by atoms with van der Waals surface area (Å²) in [7, 11) is 1.50. The number of halogens is 1. The normalized spacial score (nSPS) is 9.70. The van der Waals surface area contributed by atoms with Crippen LogP contribution >= 0.6 is 11.6 Å². The Morgan fingerprint density at radius 1 is 1.25 bits per heavy atom. The Bertz CT molecular complexity index is 533. The number of carbonyl (C=O) groups is 3. The molecule has 0 aliphatic rings. The van der Waals surface area contributed by atoms with Gasteiger partial charge in [0.1, 0.15) is 0 Å². The number of urea groups is 1. The van der Waals surface area contributed by atoms with Crippen molar-refractivity contribution in [1.29, 1.82) is 0 Å². The van der Waals surface area contributed by atoms with Crippen molar-refractivity contribution in [2.24, 2.45) is 0 Å². The molecular weight excluding hydrogens is 286 g/mol. The zero-order valence-corrected chi connectivity index (χ0v) is 11.5. The van der Waals surface area contributed by atoms with Crippen molar-refractivity contribution >= 4 is 35.2 Å². The molecule has 0 saturated carbocycles. The fourth-order valence-electron chi connectivity index (χ4n) is 1.38. The molecule has 7 nitrogen and oxygen atoms in total. The van der Waals surface area contributed by atoms with Crippen LogP contribution in [0.4, 0.5) is 10.5 Å². The average Bonchev–Trinajstić information content (AvgIpc) is 2.37. The molecule has 1 aromatic carbocycles. The second-order valence-corrected chi connectivity index (χ2v) is 4.27. The van der Waals surface area contributed by atoms with Crippen LogP contribution in [-0.2, 0) is 4.79 Å². The summed E-state index contributed by atoms with van der Waals surface area (Å²) < 4.78 is 0. The zero-order valence-electron chi connectivity index (χ0n) is 10.7. The largest absolute Gasteiger partial charge is 0.478 e. The number of aromatic carboxylic acids is 1. The lowest BCUT2D eigenvalue weighted by atomic mass is 10.2. The highest BCUT2D eigenvalue weighted by molar-refractivity contribution is 6.31. The molecule has 0 radical (unpaired) electrons. The van der Waals surface area contributed by atoms with E-state index in [9.17, 15) is 14.4 Å². The topological polar surface area (TPSA) is 108 Å². The van der Waals surface area contributed by atoms with E-state index in [1.165, 1.54) is 25.2 Å². The quantitative estimate of drug-likeness (QED) is 0.657. The van der Waals surface area contributed by atoms with E-state index in [0.29, 0.717) is 0 Å². The Morgan fingerprint density at radius 3 is 2.55 bits per heavy atom. The Labute approximate surface area is 120 Å². The summed E-state index contributed by atoms with van der Waals surface area (Å²) in [4.78, 5) is 33.3. The number of hydrogen-bond donors (Lipinski definition) is 4. The zero-order chi connectivity index (χ0) is 15.1. The number of rotatable bonds is 5. The monoisotopic (exact) mass is 299 g/mol. The van der Waals surface area contributed by atoms with Gasteiger partial charge < -0.3 is 21.1 Å². The maximum Gasteiger partial charge on any atom is 0.335 e. The van der Waals surface area contributed by atoms with Crippen molar-refractivity contribution in [3.8, 4) is 0 Å². The predicted molar refractivity (Wildman–Crippen MR) is 74.1 cm³/mol. The maximum atomic E-state index is 11.5. The molecule has 0 aliphatic heterocycles. The van der Waals surface area contributed by atoms with Crippen LogP contribution < -0.4 is 16.0 Å². The van der Waals surface area contributed by atoms with Gasteiger partial charge in [-0.15, -0.1) is 0 Å². The first kappa shape index (κ1) is 15.8. The van der Waals surface area contributed by atoms with E-state index in [2.05, 4.69) is 16.0 Å². The summed E-state index contributed by atoms with van der Waals surface area (Å²) in [6.45, 7) is 0.165. The molecule has 0 saturated heterocycles. The fourth-order valence-corrected chi connectivity index (χ4v) is 1.61. The summed E-state index contributed by atoms with van der Waals surface area (Å²) in [5.41, 5.74) is 0.227. The smallest absolute Gasteiger partial charge is 0.335 e. The molecule has 20 heavy (non-hydrogen) atoms. The SMILES string of the molecule is CNC(=O)CCNC(=O)Nc1cc(Cl)cc(C(=O)O)c1. The number of anilines is 1. The van der Waals surface area contributed by atoms with Crippen molar-refractivity contribution in [2.45, 2.75) is 6.42 Å². The maximum absolute atomic E-state index is 11.5. The van der Waals surface area contributed by atoms with Crippen LogP contribution in [0.5, 0.6) is 0 Å². The third-order valence-corrected chi connectivity index (χ3v) is 2.54. The molecule has 0 aromatic heterocycles. The Kier molecular flexibility index (Phi) is 5.79. The van der Waals surface area contributed by atoms with Crippen LogP contribution in [0.3, 0.4) is 0 Å². The second-order valence-electron chi connectivity index (χ2n) is 3.84. The molecule has 8 heteroatoms. The van der Waals surface area contributed by atoms with Gasteiger partial charge >= 0.3 is 12.0 Å². The summed E-state index contributed by atoms with van der Waals surface area (Å²) in [6, 6.07) is 3.43. The van der Waals surface area contributed by atoms with Gasteiger partial charge in [0.25, 0.3) is 0 Å². The number of nitrogens with one attached hydrogen (secondary N) is 3. The Hall–Kier alpha value is -2.28. The number of hydrogen-bond acceptors (Lipinski definition) is 3. The van der Waals surface area contributed by atoms with E-state index in [1.807, 2.05) is 0 Å². The van der Waals surface area contributed by atoms with E-state index in [0.717, 1.165) is 0 Å². The first-order chi connectivity index (χ1) is 9.42. The first-order valence-electron chi connectivity index (χ1n) is 5.71. The van der Waals surface area contributed by atoms with E-state index in [1.54, 1.807) is 0 Å². The molecule has 0 fully saturated rings. The molecular formula is C12H14ClN3O4.